The summed E-state index contributed by atoms with van der Waals surface area (Å²) in [5.41, 5.74) is 7.06. The topological polar surface area (TPSA) is 39.5 Å². The molecule has 0 unspecified atom stereocenters. The number of hydrogen-bond acceptors (Lipinski definition) is 4. The predicted molar refractivity (Wildman–Crippen MR) is 167 cm³/mol. The molecular formula is C36H39N3O2. The zero-order chi connectivity index (χ0) is 28.4. The molecule has 0 aliphatic heterocycles. The van der Waals surface area contributed by atoms with Crippen molar-refractivity contribution in [3.63, 3.8) is 0 Å². The number of rotatable bonds is 13. The third kappa shape index (κ3) is 7.05. The second-order valence-corrected chi connectivity index (χ2v) is 10.3. The summed E-state index contributed by atoms with van der Waals surface area (Å²) in [5.74, 6) is 2.76. The minimum Gasteiger partial charge on any atom is -0.497 e. The van der Waals surface area contributed by atoms with Crippen molar-refractivity contribution in [2.75, 3.05) is 14.2 Å². The van der Waals surface area contributed by atoms with E-state index in [0.29, 0.717) is 0 Å². The lowest BCUT2D eigenvalue weighted by Gasteiger charge is -2.25. The molecule has 0 saturated carbocycles. The fourth-order valence-electron chi connectivity index (χ4n) is 5.20. The molecule has 0 amide bonds. The van der Waals surface area contributed by atoms with Gasteiger partial charge in [-0.1, -0.05) is 98.3 Å². The molecule has 0 fully saturated rings. The van der Waals surface area contributed by atoms with Gasteiger partial charge in [0.05, 0.1) is 25.6 Å². The molecule has 0 aliphatic rings. The molecule has 0 atom stereocenters. The van der Waals surface area contributed by atoms with Gasteiger partial charge in [-0.25, -0.2) is 4.98 Å². The number of ether oxygens (including phenoxy) is 2. The lowest BCUT2D eigenvalue weighted by molar-refractivity contribution is 0.241. The zero-order valence-electron chi connectivity index (χ0n) is 24.3. The van der Waals surface area contributed by atoms with Gasteiger partial charge < -0.3 is 14.0 Å². The minimum absolute atomic E-state index is 0.756. The van der Waals surface area contributed by atoms with E-state index in [0.717, 1.165) is 73.2 Å². The van der Waals surface area contributed by atoms with E-state index < -0.39 is 0 Å². The molecule has 1 heterocycles. The van der Waals surface area contributed by atoms with Crippen LogP contribution in [0.2, 0.25) is 0 Å². The summed E-state index contributed by atoms with van der Waals surface area (Å²) in [5, 5.41) is 0. The molecule has 5 aromatic rings. The number of methoxy groups -OCH3 is 2. The van der Waals surface area contributed by atoms with E-state index in [2.05, 4.69) is 101 Å². The maximum Gasteiger partial charge on any atom is 0.140 e. The van der Waals surface area contributed by atoms with Crippen LogP contribution in [0.3, 0.4) is 0 Å². The van der Waals surface area contributed by atoms with Crippen LogP contribution in [0.1, 0.15) is 36.6 Å². The maximum atomic E-state index is 5.41. The zero-order valence-corrected chi connectivity index (χ0v) is 24.3. The van der Waals surface area contributed by atoms with Crippen molar-refractivity contribution in [2.24, 2.45) is 0 Å². The Morgan fingerprint density at radius 1 is 0.634 bits per heavy atom. The highest BCUT2D eigenvalue weighted by Gasteiger charge is 2.22. The van der Waals surface area contributed by atoms with Crippen LogP contribution in [0.5, 0.6) is 11.5 Å². The quantitative estimate of drug-likeness (QED) is 0.149. The molecule has 0 aliphatic carbocycles. The first-order chi connectivity index (χ1) is 20.2. The molecule has 210 valence electrons. The fraction of sp³-hybridized carbons (Fsp3) is 0.250. The van der Waals surface area contributed by atoms with Crippen LogP contribution in [-0.4, -0.2) is 28.7 Å². The molecule has 0 spiro atoms. The number of aromatic nitrogens is 2. The minimum atomic E-state index is 0.756. The summed E-state index contributed by atoms with van der Waals surface area (Å²) in [6.07, 6.45) is 2.21. The Hall–Kier alpha value is -4.35. The number of hydrogen-bond donors (Lipinski definition) is 0. The van der Waals surface area contributed by atoms with E-state index in [1.807, 2.05) is 24.3 Å². The van der Waals surface area contributed by atoms with Gasteiger partial charge in [-0.05, 0) is 41.8 Å². The van der Waals surface area contributed by atoms with E-state index in [-0.39, 0.29) is 0 Å². The number of imidazole rings is 1. The Labute approximate surface area is 244 Å². The SMILES string of the molecule is CCCCn1c(-c2ccccc2)nc(-c2ccccc2)c1CN(Cc1ccc(OC)cc1)Cc1ccc(OC)cc1. The van der Waals surface area contributed by atoms with Gasteiger partial charge in [0.2, 0.25) is 0 Å². The normalized spacial score (nSPS) is 11.1. The van der Waals surface area contributed by atoms with Gasteiger partial charge in [-0.3, -0.25) is 4.90 Å². The van der Waals surface area contributed by atoms with Gasteiger partial charge in [0.1, 0.15) is 17.3 Å². The van der Waals surface area contributed by atoms with Gasteiger partial charge in [0.15, 0.2) is 0 Å². The van der Waals surface area contributed by atoms with Crippen LogP contribution in [0.25, 0.3) is 22.6 Å². The molecule has 4 aromatic carbocycles. The average molecular weight is 546 g/mol. The summed E-state index contributed by atoms with van der Waals surface area (Å²) in [6.45, 7) is 5.52. The Morgan fingerprint density at radius 2 is 1.15 bits per heavy atom. The van der Waals surface area contributed by atoms with Crippen LogP contribution in [-0.2, 0) is 26.2 Å². The molecule has 5 heteroatoms. The Morgan fingerprint density at radius 3 is 1.63 bits per heavy atom. The van der Waals surface area contributed by atoms with Gasteiger partial charge in [-0.2, -0.15) is 0 Å². The predicted octanol–water partition coefficient (Wildman–Crippen LogP) is 8.24. The Balaban J connectivity index is 1.58. The van der Waals surface area contributed by atoms with Crippen LogP contribution in [0, 0.1) is 0 Å². The van der Waals surface area contributed by atoms with E-state index >= 15 is 0 Å². The van der Waals surface area contributed by atoms with E-state index in [1.54, 1.807) is 14.2 Å². The summed E-state index contributed by atoms with van der Waals surface area (Å²) >= 11 is 0. The van der Waals surface area contributed by atoms with Crippen molar-refractivity contribution in [2.45, 2.75) is 45.9 Å². The van der Waals surface area contributed by atoms with Crippen LogP contribution in [0.4, 0.5) is 0 Å². The van der Waals surface area contributed by atoms with Gasteiger partial charge in [0, 0.05) is 37.3 Å². The molecule has 5 rings (SSSR count). The largest absolute Gasteiger partial charge is 0.497 e. The standard InChI is InChI=1S/C36H39N3O2/c1-4-5-24-39-34(35(30-12-8-6-9-13-30)37-36(39)31-14-10-7-11-15-31)27-38(25-28-16-20-32(40-2)21-17-28)26-29-18-22-33(41-3)23-19-29/h6-23H,4-5,24-27H2,1-3H3. The summed E-state index contributed by atoms with van der Waals surface area (Å²) in [6, 6.07) is 37.9. The maximum absolute atomic E-state index is 5.41. The monoisotopic (exact) mass is 545 g/mol. The van der Waals surface area contributed by atoms with Gasteiger partial charge in [0.25, 0.3) is 0 Å². The van der Waals surface area contributed by atoms with Gasteiger partial charge in [-0.15, -0.1) is 0 Å². The molecular weight excluding hydrogens is 506 g/mol. The highest BCUT2D eigenvalue weighted by Crippen LogP contribution is 2.32. The first kappa shape index (κ1) is 28.2. The van der Waals surface area contributed by atoms with Crippen LogP contribution >= 0.6 is 0 Å². The Bertz CT molecular complexity index is 1450. The molecule has 0 N–H and O–H groups in total. The average Bonchev–Trinajstić information content (AvgIpc) is 3.39. The molecule has 0 bridgehead atoms. The van der Waals surface area contributed by atoms with Crippen LogP contribution < -0.4 is 9.47 Å². The first-order valence-corrected chi connectivity index (χ1v) is 14.4. The summed E-state index contributed by atoms with van der Waals surface area (Å²) in [4.78, 5) is 7.82. The van der Waals surface area contributed by atoms with E-state index in [4.69, 9.17) is 14.5 Å². The van der Waals surface area contributed by atoms with Crippen molar-refractivity contribution in [3.05, 3.63) is 126 Å². The molecule has 0 radical (unpaired) electrons. The van der Waals surface area contributed by atoms with E-state index in [9.17, 15) is 0 Å². The molecule has 41 heavy (non-hydrogen) atoms. The molecule has 0 saturated heterocycles. The number of unbranched alkanes of at least 4 members (excludes halogenated alkanes) is 1. The second-order valence-electron chi connectivity index (χ2n) is 10.3. The highest BCUT2D eigenvalue weighted by atomic mass is 16.5. The highest BCUT2D eigenvalue weighted by molar-refractivity contribution is 5.68. The van der Waals surface area contributed by atoms with E-state index in [1.165, 1.54) is 16.8 Å². The first-order valence-electron chi connectivity index (χ1n) is 14.4. The number of nitrogens with zero attached hydrogens (tertiary/aromatic N) is 3. The molecule has 5 nitrogen and oxygen atoms in total. The van der Waals surface area contributed by atoms with Crippen molar-refractivity contribution in [1.29, 1.82) is 0 Å². The second kappa shape index (κ2) is 13.8. The molecule has 1 aromatic heterocycles. The lowest BCUT2D eigenvalue weighted by atomic mass is 10.1. The summed E-state index contributed by atoms with van der Waals surface area (Å²) in [7, 11) is 3.41. The lowest BCUT2D eigenvalue weighted by Crippen LogP contribution is -2.24. The third-order valence-electron chi connectivity index (χ3n) is 7.39. The van der Waals surface area contributed by atoms with Crippen molar-refractivity contribution >= 4 is 0 Å². The third-order valence-corrected chi connectivity index (χ3v) is 7.39. The smallest absolute Gasteiger partial charge is 0.140 e. The van der Waals surface area contributed by atoms with Gasteiger partial charge >= 0.3 is 0 Å². The fourth-order valence-corrected chi connectivity index (χ4v) is 5.20. The summed E-state index contributed by atoms with van der Waals surface area (Å²) < 4.78 is 13.3. The van der Waals surface area contributed by atoms with Crippen LogP contribution in [0.15, 0.2) is 109 Å². The van der Waals surface area contributed by atoms with Crippen molar-refractivity contribution in [1.82, 2.24) is 14.5 Å². The number of benzene rings is 4. The Kier molecular flexibility index (Phi) is 9.50. The van der Waals surface area contributed by atoms with Crippen molar-refractivity contribution < 1.29 is 9.47 Å². The van der Waals surface area contributed by atoms with Crippen molar-refractivity contribution in [3.8, 4) is 34.1 Å².